The molecule has 1 unspecified atom stereocenters. The number of methoxy groups -OCH3 is 2. The van der Waals surface area contributed by atoms with Gasteiger partial charge in [0.1, 0.15) is 11.5 Å². The van der Waals surface area contributed by atoms with Crippen LogP contribution < -0.4 is 19.7 Å². The number of amides is 2. The molecule has 29 heavy (non-hydrogen) atoms. The first-order chi connectivity index (χ1) is 13.7. The third kappa shape index (κ3) is 4.53. The molecule has 0 saturated carbocycles. The molecule has 1 N–H and O–H groups in total. The Bertz CT molecular complexity index is 900. The number of hydrogen-bond acceptors (Lipinski definition) is 4. The summed E-state index contributed by atoms with van der Waals surface area (Å²) >= 11 is 0. The van der Waals surface area contributed by atoms with Crippen molar-refractivity contribution in [2.75, 3.05) is 31.0 Å². The van der Waals surface area contributed by atoms with Crippen molar-refractivity contribution in [2.24, 2.45) is 5.92 Å². The Kier molecular flexibility index (Phi) is 5.82. The van der Waals surface area contributed by atoms with Gasteiger partial charge in [-0.15, -0.1) is 0 Å². The molecule has 1 aliphatic rings. The summed E-state index contributed by atoms with van der Waals surface area (Å²) in [5.74, 6) is 0.491. The van der Waals surface area contributed by atoms with E-state index in [0.29, 0.717) is 23.7 Å². The molecule has 1 atom stereocenters. The van der Waals surface area contributed by atoms with Crippen LogP contribution in [0.25, 0.3) is 0 Å². The first-order valence-electron chi connectivity index (χ1n) is 9.66. The van der Waals surface area contributed by atoms with Crippen LogP contribution in [0.1, 0.15) is 32.8 Å². The van der Waals surface area contributed by atoms with Crippen molar-refractivity contribution in [2.45, 2.75) is 32.6 Å². The standard InChI is InChI=1S/C23H28N2O4/c1-23(2,3)16-6-8-17(9-7-16)24-22(27)15-12-21(26)25(14-15)19-13-18(28-4)10-11-20(19)29-5/h6-11,13,15H,12,14H2,1-5H3,(H,24,27). The van der Waals surface area contributed by atoms with Gasteiger partial charge in [0.15, 0.2) is 0 Å². The highest BCUT2D eigenvalue weighted by Crippen LogP contribution is 2.36. The van der Waals surface area contributed by atoms with E-state index in [2.05, 4.69) is 26.1 Å². The van der Waals surface area contributed by atoms with E-state index in [0.717, 1.165) is 5.69 Å². The van der Waals surface area contributed by atoms with Crippen LogP contribution in [0.4, 0.5) is 11.4 Å². The normalized spacial score (nSPS) is 16.7. The maximum Gasteiger partial charge on any atom is 0.229 e. The van der Waals surface area contributed by atoms with E-state index >= 15 is 0 Å². The third-order valence-corrected chi connectivity index (χ3v) is 5.19. The lowest BCUT2D eigenvalue weighted by molar-refractivity contribution is -0.122. The van der Waals surface area contributed by atoms with Crippen LogP contribution in [-0.2, 0) is 15.0 Å². The molecule has 6 nitrogen and oxygen atoms in total. The average Bonchev–Trinajstić information content (AvgIpc) is 3.09. The highest BCUT2D eigenvalue weighted by atomic mass is 16.5. The fourth-order valence-electron chi connectivity index (χ4n) is 3.42. The van der Waals surface area contributed by atoms with Crippen molar-refractivity contribution < 1.29 is 19.1 Å². The van der Waals surface area contributed by atoms with Crippen LogP contribution in [0, 0.1) is 5.92 Å². The number of carbonyl (C=O) groups excluding carboxylic acids is 2. The molecule has 1 aliphatic heterocycles. The lowest BCUT2D eigenvalue weighted by atomic mass is 9.87. The van der Waals surface area contributed by atoms with Gasteiger partial charge in [-0.3, -0.25) is 9.59 Å². The van der Waals surface area contributed by atoms with E-state index in [9.17, 15) is 9.59 Å². The van der Waals surface area contributed by atoms with E-state index in [1.165, 1.54) is 5.56 Å². The van der Waals surface area contributed by atoms with Crippen molar-refractivity contribution in [1.82, 2.24) is 0 Å². The molecule has 2 amide bonds. The number of rotatable bonds is 5. The topological polar surface area (TPSA) is 67.9 Å². The summed E-state index contributed by atoms with van der Waals surface area (Å²) in [6, 6.07) is 13.1. The van der Waals surface area contributed by atoms with E-state index < -0.39 is 5.92 Å². The third-order valence-electron chi connectivity index (χ3n) is 5.19. The average molecular weight is 396 g/mol. The van der Waals surface area contributed by atoms with Crippen LogP contribution in [-0.4, -0.2) is 32.6 Å². The molecular weight excluding hydrogens is 368 g/mol. The largest absolute Gasteiger partial charge is 0.497 e. The molecule has 1 heterocycles. The van der Waals surface area contributed by atoms with Crippen LogP contribution in [0.2, 0.25) is 0 Å². The van der Waals surface area contributed by atoms with Gasteiger partial charge in [-0.2, -0.15) is 0 Å². The minimum absolute atomic E-state index is 0.0523. The Morgan fingerprint density at radius 3 is 2.34 bits per heavy atom. The Morgan fingerprint density at radius 1 is 1.07 bits per heavy atom. The summed E-state index contributed by atoms with van der Waals surface area (Å²) in [6.45, 7) is 6.73. The Balaban J connectivity index is 1.72. The van der Waals surface area contributed by atoms with Crippen LogP contribution in [0.5, 0.6) is 11.5 Å². The molecule has 3 rings (SSSR count). The van der Waals surface area contributed by atoms with Gasteiger partial charge in [0, 0.05) is 24.7 Å². The summed E-state index contributed by atoms with van der Waals surface area (Å²) in [4.78, 5) is 27.0. The van der Waals surface area contributed by atoms with Gasteiger partial charge in [0.25, 0.3) is 0 Å². The molecule has 0 aliphatic carbocycles. The molecule has 1 fully saturated rings. The fourth-order valence-corrected chi connectivity index (χ4v) is 3.42. The Labute approximate surface area is 171 Å². The van der Waals surface area contributed by atoms with Gasteiger partial charge in [-0.05, 0) is 35.2 Å². The van der Waals surface area contributed by atoms with E-state index in [-0.39, 0.29) is 23.7 Å². The first kappa shape index (κ1) is 20.7. The maximum atomic E-state index is 12.8. The minimum Gasteiger partial charge on any atom is -0.497 e. The van der Waals surface area contributed by atoms with Gasteiger partial charge in [0.2, 0.25) is 11.8 Å². The fraction of sp³-hybridized carbons (Fsp3) is 0.391. The minimum atomic E-state index is -0.430. The molecule has 0 spiro atoms. The maximum absolute atomic E-state index is 12.8. The second-order valence-electron chi connectivity index (χ2n) is 8.26. The molecule has 0 bridgehead atoms. The summed E-state index contributed by atoms with van der Waals surface area (Å²) < 4.78 is 10.6. The number of benzene rings is 2. The van der Waals surface area contributed by atoms with Crippen molar-refractivity contribution in [3.8, 4) is 11.5 Å². The van der Waals surface area contributed by atoms with Gasteiger partial charge >= 0.3 is 0 Å². The Hall–Kier alpha value is -3.02. The van der Waals surface area contributed by atoms with Crippen molar-refractivity contribution in [1.29, 1.82) is 0 Å². The second-order valence-corrected chi connectivity index (χ2v) is 8.26. The summed E-state index contributed by atoms with van der Waals surface area (Å²) in [5.41, 5.74) is 2.59. The molecule has 2 aromatic carbocycles. The molecule has 0 aromatic heterocycles. The van der Waals surface area contributed by atoms with E-state index in [1.807, 2.05) is 24.3 Å². The number of nitrogens with zero attached hydrogens (tertiary/aromatic N) is 1. The highest BCUT2D eigenvalue weighted by molar-refractivity contribution is 6.04. The number of carbonyl (C=O) groups is 2. The monoisotopic (exact) mass is 396 g/mol. The van der Waals surface area contributed by atoms with Gasteiger partial charge in [-0.25, -0.2) is 0 Å². The highest BCUT2D eigenvalue weighted by Gasteiger charge is 2.36. The van der Waals surface area contributed by atoms with Crippen molar-refractivity contribution in [3.05, 3.63) is 48.0 Å². The number of ether oxygens (including phenoxy) is 2. The first-order valence-corrected chi connectivity index (χ1v) is 9.66. The predicted molar refractivity (Wildman–Crippen MR) is 114 cm³/mol. The number of anilines is 2. The van der Waals surface area contributed by atoms with Gasteiger partial charge in [-0.1, -0.05) is 32.9 Å². The molecule has 6 heteroatoms. The van der Waals surface area contributed by atoms with Crippen LogP contribution in [0.3, 0.4) is 0 Å². The SMILES string of the molecule is COc1ccc(OC)c(N2CC(C(=O)Nc3ccc(C(C)(C)C)cc3)CC2=O)c1. The molecule has 1 saturated heterocycles. The number of hydrogen-bond donors (Lipinski definition) is 1. The zero-order valence-electron chi connectivity index (χ0n) is 17.6. The van der Waals surface area contributed by atoms with E-state index in [1.54, 1.807) is 37.3 Å². The van der Waals surface area contributed by atoms with Crippen LogP contribution in [0.15, 0.2) is 42.5 Å². The summed E-state index contributed by atoms with van der Waals surface area (Å²) in [5, 5.41) is 2.93. The van der Waals surface area contributed by atoms with Gasteiger partial charge in [0.05, 0.1) is 25.8 Å². The number of nitrogens with one attached hydrogen (secondary N) is 1. The second kappa shape index (κ2) is 8.15. The predicted octanol–water partition coefficient (Wildman–Crippen LogP) is 3.99. The van der Waals surface area contributed by atoms with E-state index in [4.69, 9.17) is 9.47 Å². The lowest BCUT2D eigenvalue weighted by Crippen LogP contribution is -2.28. The molecule has 0 radical (unpaired) electrons. The summed E-state index contributed by atoms with van der Waals surface area (Å²) in [7, 11) is 3.12. The quantitative estimate of drug-likeness (QED) is 0.830. The molecule has 154 valence electrons. The zero-order valence-corrected chi connectivity index (χ0v) is 17.6. The van der Waals surface area contributed by atoms with Gasteiger partial charge < -0.3 is 19.7 Å². The van der Waals surface area contributed by atoms with Crippen LogP contribution >= 0.6 is 0 Å². The Morgan fingerprint density at radius 2 is 1.76 bits per heavy atom. The van der Waals surface area contributed by atoms with Crippen molar-refractivity contribution >= 4 is 23.2 Å². The smallest absolute Gasteiger partial charge is 0.229 e. The lowest BCUT2D eigenvalue weighted by Gasteiger charge is -2.20. The zero-order chi connectivity index (χ0) is 21.2. The molecular formula is C23H28N2O4. The molecule has 2 aromatic rings. The summed E-state index contributed by atoms with van der Waals surface area (Å²) in [6.07, 6.45) is 0.159. The van der Waals surface area contributed by atoms with Crippen molar-refractivity contribution in [3.63, 3.8) is 0 Å².